The Morgan fingerprint density at radius 2 is 2.19 bits per heavy atom. The highest BCUT2D eigenvalue weighted by Gasteiger charge is 2.21. The fourth-order valence-electron chi connectivity index (χ4n) is 2.58. The Balaban J connectivity index is 1.97. The first-order valence-electron chi connectivity index (χ1n) is 7.34. The molecule has 1 aromatic rings. The van der Waals surface area contributed by atoms with Gasteiger partial charge in [-0.2, -0.15) is 0 Å². The van der Waals surface area contributed by atoms with Gasteiger partial charge in [-0.1, -0.05) is 12.1 Å². The maximum Gasteiger partial charge on any atom is 0.253 e. The Kier molecular flexibility index (Phi) is 5.33. The summed E-state index contributed by atoms with van der Waals surface area (Å²) in [5.41, 5.74) is 8.41. The van der Waals surface area contributed by atoms with Crippen molar-refractivity contribution in [3.05, 3.63) is 29.3 Å². The van der Waals surface area contributed by atoms with Gasteiger partial charge in [-0.05, 0) is 43.4 Å². The number of benzene rings is 1. The fourth-order valence-corrected chi connectivity index (χ4v) is 2.58. The maximum atomic E-state index is 11.9. The Morgan fingerprint density at radius 1 is 1.38 bits per heavy atom. The average molecular weight is 290 g/mol. The zero-order valence-electron chi connectivity index (χ0n) is 12.4. The molecule has 0 saturated carbocycles. The Bertz CT molecular complexity index is 528. The molecule has 1 aliphatic heterocycles. The van der Waals surface area contributed by atoms with Crippen molar-refractivity contribution in [3.63, 3.8) is 0 Å². The van der Waals surface area contributed by atoms with Crippen LogP contribution < -0.4 is 10.6 Å². The predicted molar refractivity (Wildman–Crippen MR) is 81.1 cm³/mol. The van der Waals surface area contributed by atoms with E-state index in [9.17, 15) is 9.59 Å². The van der Waals surface area contributed by atoms with Crippen LogP contribution in [0.4, 0.5) is 5.69 Å². The first-order valence-corrected chi connectivity index (χ1v) is 7.34. The van der Waals surface area contributed by atoms with Crippen molar-refractivity contribution >= 4 is 17.5 Å². The SMILES string of the molecule is Cc1cc(CCCCC(N)=O)ccc1N1CCOCC1=O. The molecule has 1 aromatic carbocycles. The summed E-state index contributed by atoms with van der Waals surface area (Å²) >= 11 is 0. The molecule has 5 heteroatoms. The molecule has 0 aromatic heterocycles. The zero-order chi connectivity index (χ0) is 15.2. The van der Waals surface area contributed by atoms with Gasteiger partial charge in [0.05, 0.1) is 6.61 Å². The van der Waals surface area contributed by atoms with Crippen LogP contribution in [-0.2, 0) is 20.7 Å². The van der Waals surface area contributed by atoms with E-state index in [4.69, 9.17) is 10.5 Å². The van der Waals surface area contributed by atoms with Crippen LogP contribution in [0, 0.1) is 6.92 Å². The van der Waals surface area contributed by atoms with Gasteiger partial charge in [0.15, 0.2) is 0 Å². The molecular formula is C16H22N2O3. The van der Waals surface area contributed by atoms with Gasteiger partial charge in [-0.25, -0.2) is 0 Å². The number of hydrogen-bond acceptors (Lipinski definition) is 3. The van der Waals surface area contributed by atoms with Crippen LogP contribution in [-0.4, -0.2) is 31.6 Å². The molecule has 1 fully saturated rings. The second kappa shape index (κ2) is 7.22. The highest BCUT2D eigenvalue weighted by molar-refractivity contribution is 5.95. The fraction of sp³-hybridized carbons (Fsp3) is 0.500. The van der Waals surface area contributed by atoms with E-state index in [0.717, 1.165) is 30.5 Å². The Hall–Kier alpha value is -1.88. The van der Waals surface area contributed by atoms with E-state index in [1.807, 2.05) is 13.0 Å². The third-order valence-electron chi connectivity index (χ3n) is 3.68. The van der Waals surface area contributed by atoms with E-state index in [1.165, 1.54) is 5.56 Å². The number of carbonyl (C=O) groups is 2. The number of unbranched alkanes of at least 4 members (excludes halogenated alkanes) is 1. The number of rotatable bonds is 6. The van der Waals surface area contributed by atoms with E-state index in [1.54, 1.807) is 4.90 Å². The summed E-state index contributed by atoms with van der Waals surface area (Å²) in [6.45, 7) is 3.37. The summed E-state index contributed by atoms with van der Waals surface area (Å²) in [5, 5.41) is 0. The smallest absolute Gasteiger partial charge is 0.253 e. The molecule has 0 radical (unpaired) electrons. The number of amides is 2. The van der Waals surface area contributed by atoms with Crippen LogP contribution in [0.5, 0.6) is 0 Å². The number of carbonyl (C=O) groups excluding carboxylic acids is 2. The number of primary amides is 1. The zero-order valence-corrected chi connectivity index (χ0v) is 12.4. The summed E-state index contributed by atoms with van der Waals surface area (Å²) in [7, 11) is 0. The molecule has 0 bridgehead atoms. The second-order valence-corrected chi connectivity index (χ2v) is 5.39. The summed E-state index contributed by atoms with van der Waals surface area (Å²) in [4.78, 5) is 24.3. The number of morpholine rings is 1. The normalized spacial score (nSPS) is 15.3. The van der Waals surface area contributed by atoms with Crippen LogP contribution in [0.15, 0.2) is 18.2 Å². The van der Waals surface area contributed by atoms with Crippen LogP contribution in [0.2, 0.25) is 0 Å². The van der Waals surface area contributed by atoms with Gasteiger partial charge in [0.2, 0.25) is 5.91 Å². The third-order valence-corrected chi connectivity index (χ3v) is 3.68. The molecule has 0 spiro atoms. The quantitative estimate of drug-likeness (QED) is 0.808. The minimum atomic E-state index is -0.243. The second-order valence-electron chi connectivity index (χ2n) is 5.39. The first-order chi connectivity index (χ1) is 10.1. The van der Waals surface area contributed by atoms with Crippen molar-refractivity contribution < 1.29 is 14.3 Å². The van der Waals surface area contributed by atoms with Crippen LogP contribution >= 0.6 is 0 Å². The molecule has 1 heterocycles. The first kappa shape index (κ1) is 15.5. The molecule has 2 N–H and O–H groups in total. The summed E-state index contributed by atoms with van der Waals surface area (Å²) in [6, 6.07) is 6.17. The lowest BCUT2D eigenvalue weighted by atomic mass is 10.0. The van der Waals surface area contributed by atoms with Crippen LogP contribution in [0.25, 0.3) is 0 Å². The Labute approximate surface area is 125 Å². The van der Waals surface area contributed by atoms with E-state index >= 15 is 0 Å². The van der Waals surface area contributed by atoms with Crippen LogP contribution in [0.1, 0.15) is 30.4 Å². The van der Waals surface area contributed by atoms with Crippen LogP contribution in [0.3, 0.4) is 0 Å². The molecule has 114 valence electrons. The lowest BCUT2D eigenvalue weighted by Crippen LogP contribution is -2.42. The molecule has 1 saturated heterocycles. The number of nitrogens with two attached hydrogens (primary N) is 1. The molecule has 0 unspecified atom stereocenters. The molecule has 2 amide bonds. The number of aryl methyl sites for hydroxylation is 2. The van der Waals surface area contributed by atoms with Gasteiger partial charge in [0.25, 0.3) is 5.91 Å². The van der Waals surface area contributed by atoms with Gasteiger partial charge in [0.1, 0.15) is 6.61 Å². The molecule has 0 atom stereocenters. The molecule has 1 aliphatic rings. The van der Waals surface area contributed by atoms with Gasteiger partial charge < -0.3 is 15.4 Å². The van der Waals surface area contributed by atoms with Crippen molar-refractivity contribution in [3.8, 4) is 0 Å². The van der Waals surface area contributed by atoms with Gasteiger partial charge in [-0.3, -0.25) is 9.59 Å². The molecular weight excluding hydrogens is 268 g/mol. The minimum absolute atomic E-state index is 0.0126. The summed E-state index contributed by atoms with van der Waals surface area (Å²) in [6.07, 6.45) is 3.13. The average Bonchev–Trinajstić information content (AvgIpc) is 2.45. The standard InChI is InChI=1S/C16H22N2O3/c1-12-10-13(4-2-3-5-15(17)19)6-7-14(12)18-8-9-21-11-16(18)20/h6-7,10H,2-5,8-9,11H2,1H3,(H2,17,19). The largest absolute Gasteiger partial charge is 0.370 e. The van der Waals surface area contributed by atoms with Crippen molar-refractivity contribution in [2.75, 3.05) is 24.7 Å². The van der Waals surface area contributed by atoms with E-state index in [2.05, 4.69) is 12.1 Å². The molecule has 2 rings (SSSR count). The molecule has 21 heavy (non-hydrogen) atoms. The lowest BCUT2D eigenvalue weighted by molar-refractivity contribution is -0.125. The number of nitrogens with zero attached hydrogens (tertiary/aromatic N) is 1. The summed E-state index contributed by atoms with van der Waals surface area (Å²) < 4.78 is 5.15. The van der Waals surface area contributed by atoms with Crippen molar-refractivity contribution in [1.82, 2.24) is 0 Å². The van der Waals surface area contributed by atoms with Crippen molar-refractivity contribution in [2.45, 2.75) is 32.6 Å². The lowest BCUT2D eigenvalue weighted by Gasteiger charge is -2.28. The van der Waals surface area contributed by atoms with Crippen molar-refractivity contribution in [2.24, 2.45) is 5.73 Å². The Morgan fingerprint density at radius 3 is 2.86 bits per heavy atom. The highest BCUT2D eigenvalue weighted by Crippen LogP contribution is 2.23. The van der Waals surface area contributed by atoms with E-state index in [-0.39, 0.29) is 18.4 Å². The maximum absolute atomic E-state index is 11.9. The monoisotopic (exact) mass is 290 g/mol. The van der Waals surface area contributed by atoms with Gasteiger partial charge in [0, 0.05) is 18.7 Å². The third kappa shape index (κ3) is 4.29. The van der Waals surface area contributed by atoms with E-state index in [0.29, 0.717) is 19.6 Å². The van der Waals surface area contributed by atoms with Crippen molar-refractivity contribution in [1.29, 1.82) is 0 Å². The number of anilines is 1. The summed E-state index contributed by atoms with van der Waals surface area (Å²) in [5.74, 6) is -0.231. The van der Waals surface area contributed by atoms with E-state index < -0.39 is 0 Å². The molecule has 0 aliphatic carbocycles. The minimum Gasteiger partial charge on any atom is -0.370 e. The number of ether oxygens (including phenoxy) is 1. The van der Waals surface area contributed by atoms with Gasteiger partial charge >= 0.3 is 0 Å². The predicted octanol–water partition coefficient (Wildman–Crippen LogP) is 1.56. The molecule has 5 nitrogen and oxygen atoms in total. The van der Waals surface area contributed by atoms with Gasteiger partial charge in [-0.15, -0.1) is 0 Å². The highest BCUT2D eigenvalue weighted by atomic mass is 16.5. The number of hydrogen-bond donors (Lipinski definition) is 1. The topological polar surface area (TPSA) is 72.6 Å².